The van der Waals surface area contributed by atoms with Crippen LogP contribution >= 0.6 is 0 Å². The Kier molecular flexibility index (Phi) is 4.52. The molecule has 2 aromatic carbocycles. The lowest BCUT2D eigenvalue weighted by molar-refractivity contribution is 0.0601. The van der Waals surface area contributed by atoms with E-state index in [0.717, 1.165) is 21.9 Å². The van der Waals surface area contributed by atoms with Crippen LogP contribution in [0, 0.1) is 0 Å². The van der Waals surface area contributed by atoms with Crippen LogP contribution < -0.4 is 0 Å². The summed E-state index contributed by atoms with van der Waals surface area (Å²) in [6, 6.07) is 15.1. The summed E-state index contributed by atoms with van der Waals surface area (Å²) in [5.41, 5.74) is 2.99. The number of carbonyl (C=O) groups excluding carboxylic acids is 1. The van der Waals surface area contributed by atoms with E-state index >= 15 is 0 Å². The Morgan fingerprint density at radius 1 is 0.958 bits per heavy atom. The Labute approximate surface area is 139 Å². The van der Waals surface area contributed by atoms with Crippen molar-refractivity contribution in [3.63, 3.8) is 0 Å². The van der Waals surface area contributed by atoms with Crippen LogP contribution in [0.3, 0.4) is 0 Å². The molecule has 0 aliphatic rings. The van der Waals surface area contributed by atoms with Crippen LogP contribution in [0.5, 0.6) is 0 Å². The molecule has 0 aliphatic heterocycles. The largest absolute Gasteiger partial charge is 0.465 e. The van der Waals surface area contributed by atoms with Crippen molar-refractivity contribution in [1.29, 1.82) is 0 Å². The second-order valence-electron chi connectivity index (χ2n) is 5.13. The monoisotopic (exact) mass is 320 g/mol. The van der Waals surface area contributed by atoms with Gasteiger partial charge in [-0.3, -0.25) is 4.98 Å². The molecule has 0 radical (unpaired) electrons. The van der Waals surface area contributed by atoms with Gasteiger partial charge in [-0.2, -0.15) is 0 Å². The number of fused-ring (bicyclic) bond motifs is 1. The van der Waals surface area contributed by atoms with Crippen LogP contribution in [-0.4, -0.2) is 30.9 Å². The number of methoxy groups -OCH3 is 1. The van der Waals surface area contributed by atoms with Gasteiger partial charge in [-0.15, -0.1) is 0 Å². The normalized spacial score (nSPS) is 11.3. The molecule has 5 nitrogen and oxygen atoms in total. The molecule has 24 heavy (non-hydrogen) atoms. The maximum atomic E-state index is 11.6. The smallest absolute Gasteiger partial charge is 0.337 e. The molecule has 5 heteroatoms. The Morgan fingerprint density at radius 3 is 2.29 bits per heavy atom. The maximum Gasteiger partial charge on any atom is 0.337 e. The molecule has 0 fully saturated rings. The van der Waals surface area contributed by atoms with E-state index in [1.165, 1.54) is 14.2 Å². The number of benzene rings is 2. The highest BCUT2D eigenvalue weighted by Crippen LogP contribution is 2.21. The predicted octanol–water partition coefficient (Wildman–Crippen LogP) is 3.42. The van der Waals surface area contributed by atoms with E-state index in [1.54, 1.807) is 18.5 Å². The van der Waals surface area contributed by atoms with E-state index in [9.17, 15) is 4.79 Å². The number of hydrogen-bond donors (Lipinski definition) is 0. The Bertz CT molecular complexity index is 905. The lowest BCUT2D eigenvalue weighted by Crippen LogP contribution is -2.05. The van der Waals surface area contributed by atoms with Gasteiger partial charge in [0.05, 0.1) is 12.7 Å². The van der Waals surface area contributed by atoms with Gasteiger partial charge in [0.2, 0.25) is 0 Å². The van der Waals surface area contributed by atoms with Gasteiger partial charge in [0, 0.05) is 23.5 Å². The molecule has 3 rings (SSSR count). The molecule has 0 saturated carbocycles. The van der Waals surface area contributed by atoms with Crippen molar-refractivity contribution in [1.82, 2.24) is 4.98 Å². The molecule has 1 heterocycles. The van der Waals surface area contributed by atoms with Gasteiger partial charge in [0.1, 0.15) is 12.8 Å². The number of rotatable bonds is 4. The molecule has 3 aromatic rings. The molecule has 0 bridgehead atoms. The molecule has 0 amide bonds. The fourth-order valence-corrected chi connectivity index (χ4v) is 2.50. The fourth-order valence-electron chi connectivity index (χ4n) is 2.50. The van der Waals surface area contributed by atoms with E-state index in [-0.39, 0.29) is 5.97 Å². The molecule has 0 unspecified atom stereocenters. The van der Waals surface area contributed by atoms with E-state index in [1.807, 2.05) is 42.5 Å². The molecule has 0 saturated heterocycles. The summed E-state index contributed by atoms with van der Waals surface area (Å²) in [6.45, 7) is 0. The minimum Gasteiger partial charge on any atom is -0.465 e. The number of esters is 1. The number of ether oxygens (including phenoxy) is 1. The number of hydrogen-bond acceptors (Lipinski definition) is 5. The van der Waals surface area contributed by atoms with E-state index in [2.05, 4.69) is 10.1 Å². The second kappa shape index (κ2) is 6.91. The zero-order chi connectivity index (χ0) is 16.9. The fraction of sp³-hybridized carbons (Fsp3) is 0.105. The number of pyridine rings is 1. The highest BCUT2D eigenvalue weighted by Gasteiger charge is 2.11. The van der Waals surface area contributed by atoms with Crippen molar-refractivity contribution >= 4 is 22.5 Å². The molecule has 0 aliphatic carbocycles. The van der Waals surface area contributed by atoms with Gasteiger partial charge in [0.15, 0.2) is 0 Å². The molecule has 120 valence electrons. The van der Waals surface area contributed by atoms with Crippen LogP contribution in [-0.2, 0) is 9.57 Å². The number of aromatic nitrogens is 1. The lowest BCUT2D eigenvalue weighted by atomic mass is 9.99. The highest BCUT2D eigenvalue weighted by atomic mass is 16.6. The number of carbonyl (C=O) groups is 1. The zero-order valence-electron chi connectivity index (χ0n) is 13.4. The number of nitrogens with zero attached hydrogens (tertiary/aromatic N) is 2. The third-order valence-electron chi connectivity index (χ3n) is 3.65. The first-order valence-corrected chi connectivity index (χ1v) is 7.37. The van der Waals surface area contributed by atoms with Gasteiger partial charge in [-0.25, -0.2) is 4.79 Å². The quantitative estimate of drug-likeness (QED) is 0.420. The summed E-state index contributed by atoms with van der Waals surface area (Å²) in [5.74, 6) is -0.349. The lowest BCUT2D eigenvalue weighted by Gasteiger charge is -2.08. The molecule has 0 atom stereocenters. The van der Waals surface area contributed by atoms with E-state index < -0.39 is 0 Å². The van der Waals surface area contributed by atoms with Crippen molar-refractivity contribution < 1.29 is 14.4 Å². The Hall–Kier alpha value is -3.21. The average molecular weight is 320 g/mol. The van der Waals surface area contributed by atoms with Crippen molar-refractivity contribution in [3.05, 3.63) is 77.6 Å². The summed E-state index contributed by atoms with van der Waals surface area (Å²) in [4.78, 5) is 20.8. The highest BCUT2D eigenvalue weighted by molar-refractivity contribution is 6.14. The maximum absolute atomic E-state index is 11.6. The zero-order valence-corrected chi connectivity index (χ0v) is 13.4. The van der Waals surface area contributed by atoms with Crippen LogP contribution in [0.1, 0.15) is 21.5 Å². The molecule has 1 aromatic heterocycles. The Balaban J connectivity index is 2.06. The van der Waals surface area contributed by atoms with Crippen LogP contribution in [0.4, 0.5) is 0 Å². The van der Waals surface area contributed by atoms with Gasteiger partial charge >= 0.3 is 5.97 Å². The average Bonchev–Trinajstić information content (AvgIpc) is 2.65. The van der Waals surface area contributed by atoms with Crippen molar-refractivity contribution in [2.75, 3.05) is 14.2 Å². The second-order valence-corrected chi connectivity index (χ2v) is 5.13. The summed E-state index contributed by atoms with van der Waals surface area (Å²) in [5, 5.41) is 6.08. The topological polar surface area (TPSA) is 60.8 Å². The van der Waals surface area contributed by atoms with Gasteiger partial charge in [0.25, 0.3) is 0 Å². The summed E-state index contributed by atoms with van der Waals surface area (Å²) >= 11 is 0. The minimum atomic E-state index is -0.349. The standard InChI is InChI=1S/C19H16N2O3/c1-23-19(22)16-8-6-13-10-15(7-5-14(13)11-16)18(21-24-2)17-4-3-9-20-12-17/h3-12H,1-2H3. The van der Waals surface area contributed by atoms with Crippen LogP contribution in [0.25, 0.3) is 10.8 Å². The predicted molar refractivity (Wildman–Crippen MR) is 92.2 cm³/mol. The van der Waals surface area contributed by atoms with Crippen molar-refractivity contribution in [3.8, 4) is 0 Å². The van der Waals surface area contributed by atoms with E-state index in [4.69, 9.17) is 9.57 Å². The summed E-state index contributed by atoms with van der Waals surface area (Å²) < 4.78 is 4.76. The number of oxime groups is 1. The Morgan fingerprint density at radius 2 is 1.67 bits per heavy atom. The van der Waals surface area contributed by atoms with E-state index in [0.29, 0.717) is 11.3 Å². The minimum absolute atomic E-state index is 0.349. The van der Waals surface area contributed by atoms with Gasteiger partial charge in [-0.05, 0) is 41.1 Å². The summed E-state index contributed by atoms with van der Waals surface area (Å²) in [7, 11) is 2.89. The SMILES string of the molecule is CON=C(c1cccnc1)c1ccc2cc(C(=O)OC)ccc2c1. The van der Waals surface area contributed by atoms with Crippen molar-refractivity contribution in [2.45, 2.75) is 0 Å². The van der Waals surface area contributed by atoms with Gasteiger partial charge < -0.3 is 9.57 Å². The van der Waals surface area contributed by atoms with Crippen LogP contribution in [0.15, 0.2) is 66.1 Å². The van der Waals surface area contributed by atoms with Crippen molar-refractivity contribution in [2.24, 2.45) is 5.16 Å². The van der Waals surface area contributed by atoms with Crippen LogP contribution in [0.2, 0.25) is 0 Å². The molecular formula is C19H16N2O3. The third kappa shape index (κ3) is 3.10. The molecular weight excluding hydrogens is 304 g/mol. The summed E-state index contributed by atoms with van der Waals surface area (Å²) in [6.07, 6.45) is 3.45. The first kappa shape index (κ1) is 15.7. The first-order chi connectivity index (χ1) is 11.7. The molecule has 0 spiro atoms. The first-order valence-electron chi connectivity index (χ1n) is 7.37. The molecule has 0 N–H and O–H groups in total. The van der Waals surface area contributed by atoms with Gasteiger partial charge in [-0.1, -0.05) is 23.4 Å². The third-order valence-corrected chi connectivity index (χ3v) is 3.65.